The fraction of sp³-hybridized carbons (Fsp3) is 0. The Morgan fingerprint density at radius 1 is 0.536 bits per heavy atom. The molecule has 0 bridgehead atoms. The topological polar surface area (TPSA) is 0 Å². The minimum Gasteiger partial charge on any atom is -0.134 e. The standard InChI is InChI=1S/C26H15BrS/c27-18-12-9-16(10-13-18)17-11-14-23-24(15-17)28-26-22-8-4-2-6-20(22)19-5-1-3-7-21(19)25(23)26/h1-15H. The molecule has 6 rings (SSSR count). The molecule has 2 heteroatoms. The molecule has 6 aromatic rings. The lowest BCUT2D eigenvalue weighted by Gasteiger charge is -2.07. The minimum atomic E-state index is 1.11. The van der Waals surface area contributed by atoms with Gasteiger partial charge in [-0.1, -0.05) is 88.7 Å². The van der Waals surface area contributed by atoms with E-state index < -0.39 is 0 Å². The van der Waals surface area contributed by atoms with Gasteiger partial charge in [0.05, 0.1) is 0 Å². The molecule has 0 saturated heterocycles. The van der Waals surface area contributed by atoms with Gasteiger partial charge >= 0.3 is 0 Å². The van der Waals surface area contributed by atoms with Crippen LogP contribution in [0.4, 0.5) is 0 Å². The fourth-order valence-electron chi connectivity index (χ4n) is 4.23. The average molecular weight is 439 g/mol. The Morgan fingerprint density at radius 3 is 1.89 bits per heavy atom. The number of benzene rings is 5. The van der Waals surface area contributed by atoms with Gasteiger partial charge in [0.1, 0.15) is 0 Å². The highest BCUT2D eigenvalue weighted by Crippen LogP contribution is 2.44. The van der Waals surface area contributed by atoms with Crippen LogP contribution in [0.5, 0.6) is 0 Å². The number of rotatable bonds is 1. The van der Waals surface area contributed by atoms with Gasteiger partial charge < -0.3 is 0 Å². The molecular weight excluding hydrogens is 424 g/mol. The van der Waals surface area contributed by atoms with Crippen LogP contribution in [0.15, 0.2) is 95.5 Å². The number of thiophene rings is 1. The molecule has 0 amide bonds. The van der Waals surface area contributed by atoms with Crippen molar-refractivity contribution in [2.45, 2.75) is 0 Å². The Labute approximate surface area is 175 Å². The van der Waals surface area contributed by atoms with Crippen LogP contribution in [0.1, 0.15) is 0 Å². The summed E-state index contributed by atoms with van der Waals surface area (Å²) < 4.78 is 3.84. The van der Waals surface area contributed by atoms with Crippen LogP contribution in [0, 0.1) is 0 Å². The zero-order chi connectivity index (χ0) is 18.7. The maximum atomic E-state index is 3.53. The normalized spacial score (nSPS) is 11.8. The predicted molar refractivity (Wildman–Crippen MR) is 127 cm³/mol. The van der Waals surface area contributed by atoms with Crippen LogP contribution in [0.2, 0.25) is 0 Å². The van der Waals surface area contributed by atoms with Gasteiger partial charge in [-0.3, -0.25) is 0 Å². The zero-order valence-electron chi connectivity index (χ0n) is 14.9. The van der Waals surface area contributed by atoms with Crippen molar-refractivity contribution < 1.29 is 0 Å². The molecule has 1 heterocycles. The summed E-state index contributed by atoms with van der Waals surface area (Å²) in [5.74, 6) is 0. The Balaban J connectivity index is 1.75. The molecule has 0 radical (unpaired) electrons. The molecule has 0 spiro atoms. The molecule has 0 aliphatic heterocycles. The first-order chi connectivity index (χ1) is 13.8. The Morgan fingerprint density at radius 2 is 1.14 bits per heavy atom. The maximum Gasteiger partial charge on any atom is 0.0440 e. The average Bonchev–Trinajstić information content (AvgIpc) is 3.14. The summed E-state index contributed by atoms with van der Waals surface area (Å²) in [5.41, 5.74) is 2.51. The number of hydrogen-bond acceptors (Lipinski definition) is 1. The summed E-state index contributed by atoms with van der Waals surface area (Å²) in [6.45, 7) is 0. The highest BCUT2D eigenvalue weighted by molar-refractivity contribution is 9.10. The highest BCUT2D eigenvalue weighted by atomic mass is 79.9. The lowest BCUT2D eigenvalue weighted by Crippen LogP contribution is -1.80. The Kier molecular flexibility index (Phi) is 3.59. The van der Waals surface area contributed by atoms with Crippen molar-refractivity contribution in [2.24, 2.45) is 0 Å². The summed E-state index contributed by atoms with van der Waals surface area (Å²) in [5, 5.41) is 8.11. The van der Waals surface area contributed by atoms with E-state index in [4.69, 9.17) is 0 Å². The second kappa shape index (κ2) is 6.16. The third-order valence-electron chi connectivity index (χ3n) is 5.53. The van der Waals surface area contributed by atoms with E-state index in [1.165, 1.54) is 52.8 Å². The lowest BCUT2D eigenvalue weighted by atomic mass is 9.96. The smallest absolute Gasteiger partial charge is 0.0440 e. The molecule has 132 valence electrons. The summed E-state index contributed by atoms with van der Waals surface area (Å²) in [6, 6.07) is 33.0. The minimum absolute atomic E-state index is 1.11. The van der Waals surface area contributed by atoms with Crippen LogP contribution in [0.3, 0.4) is 0 Å². The molecule has 0 aliphatic rings. The Hall–Kier alpha value is -2.68. The van der Waals surface area contributed by atoms with Crippen LogP contribution in [-0.4, -0.2) is 0 Å². The zero-order valence-corrected chi connectivity index (χ0v) is 17.3. The highest BCUT2D eigenvalue weighted by Gasteiger charge is 2.14. The molecule has 5 aromatic carbocycles. The van der Waals surface area contributed by atoms with Crippen LogP contribution in [0.25, 0.3) is 52.8 Å². The molecule has 0 N–H and O–H groups in total. The second-order valence-electron chi connectivity index (χ2n) is 7.12. The van der Waals surface area contributed by atoms with E-state index in [9.17, 15) is 0 Å². The van der Waals surface area contributed by atoms with Crippen molar-refractivity contribution in [1.82, 2.24) is 0 Å². The van der Waals surface area contributed by atoms with Gasteiger partial charge in [-0.25, -0.2) is 0 Å². The van der Waals surface area contributed by atoms with Gasteiger partial charge in [0.25, 0.3) is 0 Å². The van der Waals surface area contributed by atoms with Crippen LogP contribution < -0.4 is 0 Å². The largest absolute Gasteiger partial charge is 0.134 e. The van der Waals surface area contributed by atoms with Crippen LogP contribution in [-0.2, 0) is 0 Å². The van der Waals surface area contributed by atoms with E-state index in [1.54, 1.807) is 0 Å². The summed E-state index contributed by atoms with van der Waals surface area (Å²) in [4.78, 5) is 0. The molecular formula is C26H15BrS. The van der Waals surface area contributed by atoms with Gasteiger partial charge in [-0.15, -0.1) is 11.3 Å². The quantitative estimate of drug-likeness (QED) is 0.225. The van der Waals surface area contributed by atoms with E-state index >= 15 is 0 Å². The van der Waals surface area contributed by atoms with E-state index in [0.717, 1.165) is 4.47 Å². The molecule has 0 aliphatic carbocycles. The van der Waals surface area contributed by atoms with Gasteiger partial charge in [0, 0.05) is 30.0 Å². The predicted octanol–water partition coefficient (Wildman–Crippen LogP) is 8.79. The van der Waals surface area contributed by atoms with E-state index in [0.29, 0.717) is 0 Å². The van der Waals surface area contributed by atoms with Gasteiger partial charge in [-0.2, -0.15) is 0 Å². The van der Waals surface area contributed by atoms with Crippen molar-refractivity contribution in [3.05, 3.63) is 95.5 Å². The lowest BCUT2D eigenvalue weighted by molar-refractivity contribution is 1.62. The first kappa shape index (κ1) is 16.3. The molecule has 28 heavy (non-hydrogen) atoms. The monoisotopic (exact) mass is 438 g/mol. The van der Waals surface area contributed by atoms with Gasteiger partial charge in [-0.05, 0) is 45.5 Å². The first-order valence-electron chi connectivity index (χ1n) is 9.31. The SMILES string of the molecule is Brc1ccc(-c2ccc3c(c2)sc2c4ccccc4c4ccccc4c32)cc1. The van der Waals surface area contributed by atoms with E-state index in [2.05, 4.69) is 107 Å². The van der Waals surface area contributed by atoms with Crippen molar-refractivity contribution in [3.8, 4) is 11.1 Å². The van der Waals surface area contributed by atoms with Crippen molar-refractivity contribution in [2.75, 3.05) is 0 Å². The second-order valence-corrected chi connectivity index (χ2v) is 9.08. The molecule has 0 saturated carbocycles. The van der Waals surface area contributed by atoms with Crippen molar-refractivity contribution in [3.63, 3.8) is 0 Å². The number of hydrogen-bond donors (Lipinski definition) is 0. The van der Waals surface area contributed by atoms with Crippen molar-refractivity contribution >= 4 is 69.0 Å². The van der Waals surface area contributed by atoms with Crippen molar-refractivity contribution in [1.29, 1.82) is 0 Å². The number of fused-ring (bicyclic) bond motifs is 8. The third kappa shape index (κ3) is 2.35. The summed E-state index contributed by atoms with van der Waals surface area (Å²) in [6.07, 6.45) is 0. The van der Waals surface area contributed by atoms with Gasteiger partial charge in [0.2, 0.25) is 0 Å². The first-order valence-corrected chi connectivity index (χ1v) is 10.9. The number of halogens is 1. The Bertz CT molecular complexity index is 1510. The molecule has 1 aromatic heterocycles. The van der Waals surface area contributed by atoms with Gasteiger partial charge in [0.15, 0.2) is 0 Å². The van der Waals surface area contributed by atoms with E-state index in [1.807, 2.05) is 11.3 Å². The molecule has 0 nitrogen and oxygen atoms in total. The molecule has 0 atom stereocenters. The van der Waals surface area contributed by atoms with Crippen LogP contribution >= 0.6 is 27.3 Å². The van der Waals surface area contributed by atoms with E-state index in [-0.39, 0.29) is 0 Å². The third-order valence-corrected chi connectivity index (χ3v) is 7.24. The molecule has 0 fully saturated rings. The summed E-state index contributed by atoms with van der Waals surface area (Å²) >= 11 is 5.44. The summed E-state index contributed by atoms with van der Waals surface area (Å²) in [7, 11) is 0. The maximum absolute atomic E-state index is 3.53. The fourth-order valence-corrected chi connectivity index (χ4v) is 5.79. The molecule has 0 unspecified atom stereocenters.